The number of para-hydroxylation sites is 2. The largest absolute Gasteiger partial charge is 0.493 e. The molecule has 1 aromatic carbocycles. The van der Waals surface area contributed by atoms with Gasteiger partial charge in [0.05, 0.1) is 13.7 Å². The maximum absolute atomic E-state index is 5.98. The van der Waals surface area contributed by atoms with Crippen molar-refractivity contribution in [2.45, 2.75) is 30.6 Å². The number of ether oxygens (including phenoxy) is 3. The number of nitrogens with one attached hydrogen (secondary N) is 2. The van der Waals surface area contributed by atoms with Crippen LogP contribution in [0.25, 0.3) is 0 Å². The maximum atomic E-state index is 5.98. The second-order valence-corrected chi connectivity index (χ2v) is 7.66. The number of hydrogen-bond donors (Lipinski definition) is 2. The summed E-state index contributed by atoms with van der Waals surface area (Å²) in [7, 11) is 3.44. The van der Waals surface area contributed by atoms with Crippen LogP contribution in [0.3, 0.4) is 0 Å². The highest BCUT2D eigenvalue weighted by Crippen LogP contribution is 2.33. The zero-order valence-corrected chi connectivity index (χ0v) is 19.8. The zero-order valence-electron chi connectivity index (χ0n) is 16.6. The van der Waals surface area contributed by atoms with E-state index >= 15 is 0 Å². The van der Waals surface area contributed by atoms with Gasteiger partial charge >= 0.3 is 0 Å². The van der Waals surface area contributed by atoms with Crippen LogP contribution < -0.4 is 20.1 Å². The molecule has 1 aromatic rings. The lowest BCUT2D eigenvalue weighted by Crippen LogP contribution is -2.49. The molecular weight excluding hydrogens is 477 g/mol. The molecule has 0 spiro atoms. The topological polar surface area (TPSA) is 64.1 Å². The van der Waals surface area contributed by atoms with Crippen molar-refractivity contribution in [1.82, 2.24) is 10.6 Å². The predicted octanol–water partition coefficient (Wildman–Crippen LogP) is 3.16. The van der Waals surface area contributed by atoms with Crippen LogP contribution in [0.1, 0.15) is 19.8 Å². The van der Waals surface area contributed by atoms with Crippen molar-refractivity contribution in [2.75, 3.05) is 46.7 Å². The molecule has 27 heavy (non-hydrogen) atoms. The summed E-state index contributed by atoms with van der Waals surface area (Å²) in [6.07, 6.45) is 4.27. The Kier molecular flexibility index (Phi) is 11.2. The van der Waals surface area contributed by atoms with E-state index in [9.17, 15) is 0 Å². The Hall–Kier alpha value is -0.870. The van der Waals surface area contributed by atoms with Gasteiger partial charge in [0.2, 0.25) is 0 Å². The van der Waals surface area contributed by atoms with Crippen molar-refractivity contribution in [3.05, 3.63) is 24.3 Å². The molecule has 1 heterocycles. The molecule has 1 unspecified atom stereocenters. The van der Waals surface area contributed by atoms with Gasteiger partial charge in [-0.05, 0) is 38.2 Å². The van der Waals surface area contributed by atoms with Crippen LogP contribution in [0.5, 0.6) is 11.5 Å². The Bertz CT molecular complexity index is 583. The number of rotatable bonds is 8. The van der Waals surface area contributed by atoms with E-state index in [2.05, 4.69) is 21.9 Å². The highest BCUT2D eigenvalue weighted by molar-refractivity contribution is 14.0. The number of methoxy groups -OCH3 is 1. The molecule has 0 saturated carbocycles. The van der Waals surface area contributed by atoms with E-state index in [1.165, 1.54) is 0 Å². The first kappa shape index (κ1) is 24.2. The minimum Gasteiger partial charge on any atom is -0.493 e. The number of hydrogen-bond acceptors (Lipinski definition) is 5. The summed E-state index contributed by atoms with van der Waals surface area (Å²) in [5.41, 5.74) is 0. The van der Waals surface area contributed by atoms with Gasteiger partial charge in [0.25, 0.3) is 0 Å². The van der Waals surface area contributed by atoms with E-state index in [4.69, 9.17) is 14.2 Å². The molecule has 1 atom stereocenters. The lowest BCUT2D eigenvalue weighted by Gasteiger charge is -2.36. The number of benzene rings is 1. The Labute approximate surface area is 184 Å². The third-order valence-corrected chi connectivity index (χ3v) is 6.01. The fraction of sp³-hybridized carbons (Fsp3) is 0.632. The molecular formula is C19H32IN3O3S. The smallest absolute Gasteiger partial charge is 0.191 e. The van der Waals surface area contributed by atoms with Crippen molar-refractivity contribution in [3.63, 3.8) is 0 Å². The van der Waals surface area contributed by atoms with E-state index in [0.29, 0.717) is 6.54 Å². The van der Waals surface area contributed by atoms with Crippen LogP contribution in [0.15, 0.2) is 29.3 Å². The summed E-state index contributed by atoms with van der Waals surface area (Å²) in [5.74, 6) is 2.28. The van der Waals surface area contributed by atoms with E-state index in [1.807, 2.05) is 43.0 Å². The first-order valence-electron chi connectivity index (χ1n) is 8.99. The summed E-state index contributed by atoms with van der Waals surface area (Å²) in [5, 5.41) is 6.80. The Morgan fingerprint density at radius 2 is 1.93 bits per heavy atom. The van der Waals surface area contributed by atoms with Crippen LogP contribution in [0.4, 0.5) is 0 Å². The highest BCUT2D eigenvalue weighted by atomic mass is 127. The predicted molar refractivity (Wildman–Crippen MR) is 124 cm³/mol. The van der Waals surface area contributed by atoms with Gasteiger partial charge in [0.1, 0.15) is 6.10 Å². The van der Waals surface area contributed by atoms with Crippen molar-refractivity contribution < 1.29 is 14.2 Å². The van der Waals surface area contributed by atoms with E-state index in [1.54, 1.807) is 14.2 Å². The van der Waals surface area contributed by atoms with E-state index in [0.717, 1.165) is 50.1 Å². The molecule has 2 N–H and O–H groups in total. The Morgan fingerprint density at radius 1 is 1.26 bits per heavy atom. The van der Waals surface area contributed by atoms with Gasteiger partial charge in [0, 0.05) is 31.6 Å². The Morgan fingerprint density at radius 3 is 2.52 bits per heavy atom. The molecule has 8 heteroatoms. The summed E-state index contributed by atoms with van der Waals surface area (Å²) in [4.78, 5) is 4.32. The zero-order chi connectivity index (χ0) is 18.8. The van der Waals surface area contributed by atoms with Crippen molar-refractivity contribution >= 4 is 41.7 Å². The molecule has 154 valence electrons. The van der Waals surface area contributed by atoms with Gasteiger partial charge in [-0.2, -0.15) is 11.8 Å². The van der Waals surface area contributed by atoms with Crippen LogP contribution in [0, 0.1) is 0 Å². The second kappa shape index (κ2) is 12.6. The van der Waals surface area contributed by atoms with Crippen LogP contribution in [0.2, 0.25) is 0 Å². The molecule has 1 fully saturated rings. The molecule has 0 radical (unpaired) electrons. The van der Waals surface area contributed by atoms with Gasteiger partial charge < -0.3 is 24.8 Å². The molecule has 0 aromatic heterocycles. The van der Waals surface area contributed by atoms with Crippen molar-refractivity contribution in [3.8, 4) is 11.5 Å². The van der Waals surface area contributed by atoms with Gasteiger partial charge in [-0.15, -0.1) is 24.0 Å². The third kappa shape index (κ3) is 7.57. The number of nitrogens with zero attached hydrogens (tertiary/aromatic N) is 1. The number of halogens is 1. The van der Waals surface area contributed by atoms with Crippen LogP contribution in [-0.4, -0.2) is 63.5 Å². The summed E-state index contributed by atoms with van der Waals surface area (Å²) >= 11 is 1.91. The minimum absolute atomic E-state index is 0. The first-order valence-corrected chi connectivity index (χ1v) is 10.2. The van der Waals surface area contributed by atoms with E-state index in [-0.39, 0.29) is 34.8 Å². The molecule has 0 amide bonds. The molecule has 0 aliphatic carbocycles. The standard InChI is InChI=1S/C19H31N3O3S.HI/c1-15(25-17-8-6-5-7-16(17)23-3)13-21-18(20-2)22-14-19(26-4)9-11-24-12-10-19;/h5-8,15H,9-14H2,1-4H3,(H2,20,21,22);1H. The lowest BCUT2D eigenvalue weighted by molar-refractivity contribution is 0.0782. The molecule has 0 bridgehead atoms. The van der Waals surface area contributed by atoms with E-state index < -0.39 is 0 Å². The lowest BCUT2D eigenvalue weighted by atomic mass is 9.99. The number of aliphatic imine (C=N–C) groups is 1. The summed E-state index contributed by atoms with van der Waals surface area (Å²) < 4.78 is 17.0. The fourth-order valence-electron chi connectivity index (χ4n) is 2.88. The van der Waals surface area contributed by atoms with Gasteiger partial charge in [0.15, 0.2) is 17.5 Å². The SMILES string of the molecule is CN=C(NCC(C)Oc1ccccc1OC)NCC1(SC)CCOCC1.I. The number of thioether (sulfide) groups is 1. The summed E-state index contributed by atoms with van der Waals surface area (Å²) in [6, 6.07) is 7.67. The quantitative estimate of drug-likeness (QED) is 0.319. The average molecular weight is 509 g/mol. The molecule has 1 aliphatic heterocycles. The molecule has 1 aliphatic rings. The van der Waals surface area contributed by atoms with Crippen LogP contribution in [-0.2, 0) is 4.74 Å². The van der Waals surface area contributed by atoms with Gasteiger partial charge in [-0.25, -0.2) is 0 Å². The van der Waals surface area contributed by atoms with Crippen molar-refractivity contribution in [2.24, 2.45) is 4.99 Å². The normalized spacial score (nSPS) is 17.4. The second-order valence-electron chi connectivity index (χ2n) is 6.39. The summed E-state index contributed by atoms with van der Waals surface area (Å²) in [6.45, 7) is 5.21. The maximum Gasteiger partial charge on any atom is 0.191 e. The average Bonchev–Trinajstić information content (AvgIpc) is 2.69. The molecule has 6 nitrogen and oxygen atoms in total. The Balaban J connectivity index is 0.00000364. The number of guanidine groups is 1. The first-order chi connectivity index (χ1) is 12.6. The fourth-order valence-corrected chi connectivity index (χ4v) is 3.67. The monoisotopic (exact) mass is 509 g/mol. The highest BCUT2D eigenvalue weighted by Gasteiger charge is 2.31. The van der Waals surface area contributed by atoms with Gasteiger partial charge in [-0.3, -0.25) is 4.99 Å². The van der Waals surface area contributed by atoms with Crippen molar-refractivity contribution in [1.29, 1.82) is 0 Å². The molecule has 2 rings (SSSR count). The van der Waals surface area contributed by atoms with Crippen LogP contribution >= 0.6 is 35.7 Å². The molecule has 1 saturated heterocycles. The van der Waals surface area contributed by atoms with Gasteiger partial charge in [-0.1, -0.05) is 12.1 Å². The minimum atomic E-state index is -0.0255. The third-order valence-electron chi connectivity index (χ3n) is 4.59.